The number of hydrogen-bond donors (Lipinski definition) is 5. The third-order valence-electron chi connectivity index (χ3n) is 7.17. The number of ether oxygens (including phenoxy) is 2. The highest BCUT2D eigenvalue weighted by molar-refractivity contribution is 6.01. The summed E-state index contributed by atoms with van der Waals surface area (Å²) in [5.41, 5.74) is 6.53. The number of esters is 1. The quantitative estimate of drug-likeness (QED) is 0.134. The first-order valence-electron chi connectivity index (χ1n) is 16.4. The van der Waals surface area contributed by atoms with Crippen LogP contribution in [0.4, 0.5) is 27.5 Å². The number of anilines is 2. The molecule has 0 aromatic heterocycles. The lowest BCUT2D eigenvalue weighted by Gasteiger charge is -2.26. The van der Waals surface area contributed by atoms with Gasteiger partial charge < -0.3 is 36.5 Å². The molecule has 0 unspecified atom stereocenters. The third kappa shape index (κ3) is 13.3. The number of rotatable bonds is 15. The molecule has 2 aromatic rings. The molecule has 0 bridgehead atoms. The van der Waals surface area contributed by atoms with E-state index in [1.807, 2.05) is 0 Å². The van der Waals surface area contributed by atoms with Gasteiger partial charge in [0, 0.05) is 23.7 Å². The first kappa shape index (κ1) is 39.7. The van der Waals surface area contributed by atoms with Gasteiger partial charge in [0.1, 0.15) is 11.6 Å². The van der Waals surface area contributed by atoms with Crippen LogP contribution < -0.4 is 27.0 Å². The van der Waals surface area contributed by atoms with Crippen LogP contribution in [0.15, 0.2) is 58.8 Å². The van der Waals surface area contributed by atoms with Gasteiger partial charge in [-0.2, -0.15) is 10.2 Å². The second-order valence-electron chi connectivity index (χ2n) is 12.4. The standard InChI is InChI=1S/C34H44N8O9/c1-5-50-32(48)26-17-21(31(47)42(26)33(49)51-34(2,3)4)7-6-8-27(43)36-19-29(45)37-20-30(46)39-23-11-15-25(16-12-23)41-40-24-13-9-22(10-14-24)38-28(44)18-35/h9-16,21,26H,5-8,17-20,35H2,1-4H3,(H,36,43)(H,37,45)(H,38,44)(H,39,46)/b41-40+/t21-,26+/m1/s1. The SMILES string of the molecule is CCOC(=O)[C@@H]1C[C@@H](CCCC(=O)NCC(=O)NCC(=O)Nc2ccc(/N=N/c3ccc(NC(=O)CN)cc3)cc2)C(=O)N1C(=O)OC(C)(C)C. The lowest BCUT2D eigenvalue weighted by Crippen LogP contribution is -2.46. The van der Waals surface area contributed by atoms with E-state index in [4.69, 9.17) is 15.2 Å². The van der Waals surface area contributed by atoms with E-state index >= 15 is 0 Å². The molecule has 1 aliphatic heterocycles. The minimum atomic E-state index is -1.11. The summed E-state index contributed by atoms with van der Waals surface area (Å²) in [5, 5.41) is 18.4. The number of carbonyl (C=O) groups excluding carboxylic acids is 7. The van der Waals surface area contributed by atoms with Crippen molar-refractivity contribution in [2.75, 3.05) is 36.9 Å². The molecule has 17 nitrogen and oxygen atoms in total. The first-order valence-corrected chi connectivity index (χ1v) is 16.4. The van der Waals surface area contributed by atoms with Crippen molar-refractivity contribution in [2.24, 2.45) is 21.9 Å². The van der Waals surface area contributed by atoms with Crippen LogP contribution in [0.1, 0.15) is 53.4 Å². The highest BCUT2D eigenvalue weighted by Crippen LogP contribution is 2.31. The lowest BCUT2D eigenvalue weighted by atomic mass is 9.98. The van der Waals surface area contributed by atoms with Crippen molar-refractivity contribution in [2.45, 2.75) is 65.0 Å². The van der Waals surface area contributed by atoms with E-state index < -0.39 is 53.3 Å². The van der Waals surface area contributed by atoms with E-state index in [0.29, 0.717) is 22.7 Å². The van der Waals surface area contributed by atoms with Crippen LogP contribution in [0, 0.1) is 5.92 Å². The van der Waals surface area contributed by atoms with Gasteiger partial charge in [-0.15, -0.1) is 0 Å². The summed E-state index contributed by atoms with van der Waals surface area (Å²) in [6, 6.07) is 12.1. The monoisotopic (exact) mass is 708 g/mol. The van der Waals surface area contributed by atoms with Gasteiger partial charge in [0.25, 0.3) is 0 Å². The van der Waals surface area contributed by atoms with Gasteiger partial charge in [0.2, 0.25) is 29.5 Å². The topological polar surface area (TPSA) is 240 Å². The summed E-state index contributed by atoms with van der Waals surface area (Å²) >= 11 is 0. The number of nitrogens with zero attached hydrogens (tertiary/aromatic N) is 3. The molecule has 274 valence electrons. The van der Waals surface area contributed by atoms with E-state index in [1.54, 1.807) is 76.2 Å². The fourth-order valence-corrected chi connectivity index (χ4v) is 4.81. The van der Waals surface area contributed by atoms with Gasteiger partial charge >= 0.3 is 12.1 Å². The number of nitrogens with one attached hydrogen (secondary N) is 4. The Morgan fingerprint density at radius 2 is 1.35 bits per heavy atom. The molecular formula is C34H44N8O9. The molecule has 6 N–H and O–H groups in total. The Morgan fingerprint density at radius 3 is 1.88 bits per heavy atom. The third-order valence-corrected chi connectivity index (χ3v) is 7.17. The Labute approximate surface area is 295 Å². The predicted octanol–water partition coefficient (Wildman–Crippen LogP) is 3.06. The largest absolute Gasteiger partial charge is 0.464 e. The van der Waals surface area contributed by atoms with Gasteiger partial charge in [-0.1, -0.05) is 0 Å². The van der Waals surface area contributed by atoms with Crippen molar-refractivity contribution in [3.8, 4) is 0 Å². The number of carbonyl (C=O) groups is 7. The molecule has 17 heteroatoms. The number of azo groups is 1. The molecule has 1 aliphatic rings. The molecule has 0 aliphatic carbocycles. The molecule has 0 saturated carbocycles. The average Bonchev–Trinajstić information content (AvgIpc) is 3.42. The maximum atomic E-state index is 13.0. The molecule has 2 aromatic carbocycles. The van der Waals surface area contributed by atoms with Crippen LogP contribution in [0.5, 0.6) is 0 Å². The van der Waals surface area contributed by atoms with Crippen molar-refractivity contribution >= 4 is 64.3 Å². The lowest BCUT2D eigenvalue weighted by molar-refractivity contribution is -0.151. The van der Waals surface area contributed by atoms with Crippen LogP contribution in [-0.2, 0) is 38.2 Å². The maximum Gasteiger partial charge on any atom is 0.417 e. The van der Waals surface area contributed by atoms with Crippen LogP contribution in [0.25, 0.3) is 0 Å². The molecule has 0 spiro atoms. The second-order valence-corrected chi connectivity index (χ2v) is 12.4. The second kappa shape index (κ2) is 18.9. The highest BCUT2D eigenvalue weighted by Gasteiger charge is 2.48. The van der Waals surface area contributed by atoms with Crippen molar-refractivity contribution in [1.82, 2.24) is 15.5 Å². The molecule has 1 heterocycles. The van der Waals surface area contributed by atoms with Gasteiger partial charge in [-0.05, 0) is 95.5 Å². The first-order chi connectivity index (χ1) is 24.2. The zero-order chi connectivity index (χ0) is 37.6. The molecule has 6 amide bonds. The summed E-state index contributed by atoms with van der Waals surface area (Å²) in [5.74, 6) is -3.80. The number of nitrogens with two attached hydrogens (primary N) is 1. The summed E-state index contributed by atoms with van der Waals surface area (Å²) in [6.45, 7) is 5.81. The smallest absolute Gasteiger partial charge is 0.417 e. The fourth-order valence-electron chi connectivity index (χ4n) is 4.81. The summed E-state index contributed by atoms with van der Waals surface area (Å²) < 4.78 is 10.4. The van der Waals surface area contributed by atoms with Gasteiger partial charge in [-0.25, -0.2) is 14.5 Å². The zero-order valence-corrected chi connectivity index (χ0v) is 29.0. The minimum absolute atomic E-state index is 0.00915. The number of likely N-dealkylation sites (tertiary alicyclic amines) is 1. The minimum Gasteiger partial charge on any atom is -0.464 e. The summed E-state index contributed by atoms with van der Waals surface area (Å²) in [6.07, 6.45) is -0.408. The summed E-state index contributed by atoms with van der Waals surface area (Å²) in [4.78, 5) is 87.2. The summed E-state index contributed by atoms with van der Waals surface area (Å²) in [7, 11) is 0. The van der Waals surface area contributed by atoms with E-state index in [1.165, 1.54) is 0 Å². The van der Waals surface area contributed by atoms with Crippen molar-refractivity contribution < 1.29 is 43.0 Å². The molecule has 2 atom stereocenters. The molecule has 51 heavy (non-hydrogen) atoms. The normalized spacial score (nSPS) is 15.6. The average molecular weight is 709 g/mol. The Balaban J connectivity index is 1.36. The molecular weight excluding hydrogens is 664 g/mol. The van der Waals surface area contributed by atoms with Gasteiger partial charge in [0.05, 0.1) is 37.6 Å². The van der Waals surface area contributed by atoms with Crippen molar-refractivity contribution in [1.29, 1.82) is 0 Å². The number of amides is 6. The van der Waals surface area contributed by atoms with Crippen LogP contribution >= 0.6 is 0 Å². The van der Waals surface area contributed by atoms with Gasteiger partial charge in [0.15, 0.2) is 0 Å². The maximum absolute atomic E-state index is 13.0. The van der Waals surface area contributed by atoms with Crippen LogP contribution in [0.3, 0.4) is 0 Å². The Kier molecular flexibility index (Phi) is 14.7. The van der Waals surface area contributed by atoms with E-state index in [-0.39, 0.29) is 57.8 Å². The Bertz CT molecular complexity index is 1600. The van der Waals surface area contributed by atoms with Crippen molar-refractivity contribution in [3.05, 3.63) is 48.5 Å². The Morgan fingerprint density at radius 1 is 0.824 bits per heavy atom. The molecule has 1 fully saturated rings. The van der Waals surface area contributed by atoms with E-state index in [2.05, 4.69) is 31.5 Å². The van der Waals surface area contributed by atoms with E-state index in [9.17, 15) is 33.6 Å². The fraction of sp³-hybridized carbons (Fsp3) is 0.441. The molecule has 3 rings (SSSR count). The van der Waals surface area contributed by atoms with E-state index in [0.717, 1.165) is 4.90 Å². The number of benzene rings is 2. The number of imide groups is 1. The zero-order valence-electron chi connectivity index (χ0n) is 29.0. The number of hydrogen-bond acceptors (Lipinski definition) is 12. The van der Waals surface area contributed by atoms with Crippen LogP contribution in [0.2, 0.25) is 0 Å². The molecule has 0 radical (unpaired) electrons. The molecule has 1 saturated heterocycles. The highest BCUT2D eigenvalue weighted by atomic mass is 16.6. The van der Waals surface area contributed by atoms with Gasteiger partial charge in [-0.3, -0.25) is 24.0 Å². The van der Waals surface area contributed by atoms with Crippen LogP contribution in [-0.4, -0.2) is 84.4 Å². The predicted molar refractivity (Wildman–Crippen MR) is 185 cm³/mol. The Hall–Kier alpha value is -5.71. The van der Waals surface area contributed by atoms with Crippen molar-refractivity contribution in [3.63, 3.8) is 0 Å².